The third-order valence-electron chi connectivity index (χ3n) is 5.98. The first-order valence-corrected chi connectivity index (χ1v) is 11.4. The van der Waals surface area contributed by atoms with Crippen LogP contribution in [0.25, 0.3) is 0 Å². The van der Waals surface area contributed by atoms with Gasteiger partial charge >= 0.3 is 0 Å². The van der Waals surface area contributed by atoms with E-state index in [0.717, 1.165) is 51.8 Å². The first-order valence-electron chi connectivity index (χ1n) is 11.4. The molecular weight excluding hydrogens is 416 g/mol. The molecule has 0 aliphatic carbocycles. The number of benzene rings is 3. The van der Waals surface area contributed by atoms with E-state index in [1.54, 1.807) is 7.11 Å². The lowest BCUT2D eigenvalue weighted by atomic mass is 9.95. The van der Waals surface area contributed by atoms with Gasteiger partial charge in [-0.05, 0) is 74.0 Å². The molecule has 0 spiro atoms. The zero-order valence-electron chi connectivity index (χ0n) is 19.2. The first kappa shape index (κ1) is 21.2. The smallest absolute Gasteiger partial charge is 0.214 e. The summed E-state index contributed by atoms with van der Waals surface area (Å²) >= 11 is 0. The summed E-state index contributed by atoms with van der Waals surface area (Å²) in [4.78, 5) is 0. The third kappa shape index (κ3) is 3.97. The van der Waals surface area contributed by atoms with E-state index in [2.05, 4.69) is 23.2 Å². The van der Waals surface area contributed by atoms with Crippen LogP contribution in [0.5, 0.6) is 23.0 Å². The summed E-state index contributed by atoms with van der Waals surface area (Å²) in [5.41, 5.74) is 4.22. The van der Waals surface area contributed by atoms with Crippen molar-refractivity contribution >= 4 is 5.71 Å². The summed E-state index contributed by atoms with van der Waals surface area (Å²) in [6.45, 7) is 5.20. The van der Waals surface area contributed by atoms with Crippen LogP contribution >= 0.6 is 0 Å². The van der Waals surface area contributed by atoms with Crippen LogP contribution < -0.4 is 18.9 Å². The molecule has 3 aromatic carbocycles. The number of hydrogen-bond donors (Lipinski definition) is 0. The number of methoxy groups -OCH3 is 1. The Morgan fingerprint density at radius 1 is 0.909 bits per heavy atom. The van der Waals surface area contributed by atoms with E-state index in [0.29, 0.717) is 13.2 Å². The van der Waals surface area contributed by atoms with Crippen molar-refractivity contribution < 1.29 is 18.9 Å². The minimum Gasteiger partial charge on any atom is -0.497 e. The molecule has 0 bridgehead atoms. The third-order valence-corrected chi connectivity index (χ3v) is 5.98. The average molecular weight is 445 g/mol. The molecule has 170 valence electrons. The molecule has 0 amide bonds. The van der Waals surface area contributed by atoms with Gasteiger partial charge in [-0.15, -0.1) is 0 Å². The maximum absolute atomic E-state index is 6.56. The number of rotatable bonds is 7. The Kier molecular flexibility index (Phi) is 5.82. The maximum Gasteiger partial charge on any atom is 0.214 e. The van der Waals surface area contributed by atoms with Gasteiger partial charge in [-0.25, -0.2) is 5.01 Å². The van der Waals surface area contributed by atoms with Gasteiger partial charge in [-0.3, -0.25) is 0 Å². The molecular formula is C27H28N2O4. The maximum atomic E-state index is 6.56. The summed E-state index contributed by atoms with van der Waals surface area (Å²) in [6, 6.07) is 22.2. The quantitative estimate of drug-likeness (QED) is 0.465. The van der Waals surface area contributed by atoms with Gasteiger partial charge in [0.2, 0.25) is 6.23 Å². The Bertz CT molecular complexity index is 1140. The Balaban J connectivity index is 1.54. The van der Waals surface area contributed by atoms with Crippen molar-refractivity contribution in [1.29, 1.82) is 0 Å². The highest BCUT2D eigenvalue weighted by Crippen LogP contribution is 2.50. The normalized spacial score (nSPS) is 18.6. The van der Waals surface area contributed by atoms with E-state index in [1.165, 1.54) is 0 Å². The number of fused-ring (bicyclic) bond motifs is 3. The van der Waals surface area contributed by atoms with Crippen LogP contribution in [-0.4, -0.2) is 31.0 Å². The van der Waals surface area contributed by atoms with E-state index in [-0.39, 0.29) is 12.3 Å². The van der Waals surface area contributed by atoms with Crippen LogP contribution in [0.2, 0.25) is 0 Å². The minimum atomic E-state index is -0.366. The zero-order valence-corrected chi connectivity index (χ0v) is 19.2. The SMILES string of the molecule is CCOc1ccc(C2=NN3[C@H](C2)c2cccc(OCC)c2O[C@@H]3c2ccc(OC)cc2)cc1. The summed E-state index contributed by atoms with van der Waals surface area (Å²) in [5.74, 6) is 3.23. The summed E-state index contributed by atoms with van der Waals surface area (Å²) in [6.07, 6.45) is 0.419. The molecule has 0 fully saturated rings. The molecule has 2 heterocycles. The van der Waals surface area contributed by atoms with Crippen LogP contribution in [0, 0.1) is 0 Å². The van der Waals surface area contributed by atoms with Crippen molar-refractivity contribution in [2.24, 2.45) is 5.10 Å². The first-order chi connectivity index (χ1) is 16.2. The van der Waals surface area contributed by atoms with Crippen molar-refractivity contribution in [2.75, 3.05) is 20.3 Å². The van der Waals surface area contributed by atoms with E-state index in [9.17, 15) is 0 Å². The summed E-state index contributed by atoms with van der Waals surface area (Å²) in [7, 11) is 1.67. The van der Waals surface area contributed by atoms with Gasteiger partial charge in [-0.1, -0.05) is 12.1 Å². The van der Waals surface area contributed by atoms with Crippen molar-refractivity contribution in [3.05, 3.63) is 83.4 Å². The van der Waals surface area contributed by atoms with Crippen LogP contribution in [-0.2, 0) is 0 Å². The summed E-state index contributed by atoms with van der Waals surface area (Å²) in [5, 5.41) is 7.12. The van der Waals surface area contributed by atoms with Crippen LogP contribution in [0.3, 0.4) is 0 Å². The molecule has 2 atom stereocenters. The summed E-state index contributed by atoms with van der Waals surface area (Å²) < 4.78 is 23.4. The lowest BCUT2D eigenvalue weighted by molar-refractivity contribution is -0.0212. The molecule has 0 unspecified atom stereocenters. The molecule has 33 heavy (non-hydrogen) atoms. The van der Waals surface area contributed by atoms with Crippen LogP contribution in [0.4, 0.5) is 0 Å². The largest absolute Gasteiger partial charge is 0.497 e. The number of ether oxygens (including phenoxy) is 4. The second kappa shape index (κ2) is 9.06. The van der Waals surface area contributed by atoms with E-state index in [1.807, 2.05) is 62.4 Å². The molecule has 0 N–H and O–H groups in total. The lowest BCUT2D eigenvalue weighted by Crippen LogP contribution is -2.33. The second-order valence-corrected chi connectivity index (χ2v) is 7.95. The highest BCUT2D eigenvalue weighted by atomic mass is 16.5. The Labute approximate surface area is 194 Å². The molecule has 5 rings (SSSR count). The molecule has 0 saturated carbocycles. The van der Waals surface area contributed by atoms with Gasteiger partial charge in [0.25, 0.3) is 0 Å². The van der Waals surface area contributed by atoms with Crippen molar-refractivity contribution in [3.63, 3.8) is 0 Å². The molecule has 2 aliphatic rings. The lowest BCUT2D eigenvalue weighted by Gasteiger charge is -2.38. The van der Waals surface area contributed by atoms with E-state index in [4.69, 9.17) is 24.0 Å². The number of para-hydroxylation sites is 1. The molecule has 2 aliphatic heterocycles. The fraction of sp³-hybridized carbons (Fsp3) is 0.296. The number of hydrogen-bond acceptors (Lipinski definition) is 6. The molecule has 0 aromatic heterocycles. The second-order valence-electron chi connectivity index (χ2n) is 7.95. The van der Waals surface area contributed by atoms with Gasteiger partial charge in [0.1, 0.15) is 11.5 Å². The molecule has 0 radical (unpaired) electrons. The Hall–Kier alpha value is -3.67. The van der Waals surface area contributed by atoms with Crippen molar-refractivity contribution in [3.8, 4) is 23.0 Å². The Morgan fingerprint density at radius 2 is 1.64 bits per heavy atom. The van der Waals surface area contributed by atoms with Crippen LogP contribution in [0.1, 0.15) is 49.2 Å². The average Bonchev–Trinajstić information content (AvgIpc) is 3.31. The number of nitrogens with zero attached hydrogens (tertiary/aromatic N) is 2. The highest BCUT2D eigenvalue weighted by molar-refractivity contribution is 6.02. The van der Waals surface area contributed by atoms with Crippen molar-refractivity contribution in [2.45, 2.75) is 32.5 Å². The zero-order chi connectivity index (χ0) is 22.8. The fourth-order valence-electron chi connectivity index (χ4n) is 4.43. The van der Waals surface area contributed by atoms with E-state index >= 15 is 0 Å². The predicted octanol–water partition coefficient (Wildman–Crippen LogP) is 5.73. The number of hydrazone groups is 1. The van der Waals surface area contributed by atoms with Crippen molar-refractivity contribution in [1.82, 2.24) is 5.01 Å². The molecule has 0 saturated heterocycles. The van der Waals surface area contributed by atoms with Gasteiger partial charge in [0.05, 0.1) is 32.1 Å². The molecule has 6 heteroatoms. The van der Waals surface area contributed by atoms with E-state index < -0.39 is 0 Å². The molecule has 6 nitrogen and oxygen atoms in total. The molecule has 3 aromatic rings. The highest BCUT2D eigenvalue weighted by Gasteiger charge is 2.42. The minimum absolute atomic E-state index is 0.0582. The van der Waals surface area contributed by atoms with Gasteiger partial charge in [-0.2, -0.15) is 5.10 Å². The van der Waals surface area contributed by atoms with Crippen LogP contribution in [0.15, 0.2) is 71.8 Å². The standard InChI is InChI=1S/C27H28N2O4/c1-4-31-21-15-9-18(10-16-21)23-17-24-22-7-6-8-25(32-5-2)26(22)33-27(29(24)28-23)19-11-13-20(30-3)14-12-19/h6-16,24,27H,4-5,17H2,1-3H3/t24-,27-/m1/s1. The Morgan fingerprint density at radius 3 is 2.33 bits per heavy atom. The van der Waals surface area contributed by atoms with Gasteiger partial charge < -0.3 is 18.9 Å². The van der Waals surface area contributed by atoms with Gasteiger partial charge in [0, 0.05) is 17.5 Å². The predicted molar refractivity (Wildman–Crippen MR) is 127 cm³/mol. The topological polar surface area (TPSA) is 52.5 Å². The van der Waals surface area contributed by atoms with Gasteiger partial charge in [0.15, 0.2) is 11.5 Å². The monoisotopic (exact) mass is 444 g/mol. The fourth-order valence-corrected chi connectivity index (χ4v) is 4.43.